The van der Waals surface area contributed by atoms with Crippen molar-refractivity contribution in [3.63, 3.8) is 0 Å². The number of hydrogen-bond acceptors (Lipinski definition) is 3. The van der Waals surface area contributed by atoms with Gasteiger partial charge < -0.3 is 20.3 Å². The third-order valence-corrected chi connectivity index (χ3v) is 3.52. The highest BCUT2D eigenvalue weighted by molar-refractivity contribution is 14.0. The van der Waals surface area contributed by atoms with Gasteiger partial charge in [0.1, 0.15) is 0 Å². The van der Waals surface area contributed by atoms with Gasteiger partial charge in [0, 0.05) is 46.5 Å². The maximum absolute atomic E-state index is 5.03. The van der Waals surface area contributed by atoms with Crippen molar-refractivity contribution in [2.75, 3.05) is 46.2 Å². The molecule has 2 N–H and O–H groups in total. The highest BCUT2D eigenvalue weighted by atomic mass is 127. The van der Waals surface area contributed by atoms with Gasteiger partial charge in [0.25, 0.3) is 0 Å². The average Bonchev–Trinajstić information content (AvgIpc) is 2.57. The molecule has 1 aromatic rings. The van der Waals surface area contributed by atoms with Crippen LogP contribution < -0.4 is 10.6 Å². The summed E-state index contributed by atoms with van der Waals surface area (Å²) < 4.78 is 5.03. The van der Waals surface area contributed by atoms with Crippen molar-refractivity contribution < 1.29 is 4.74 Å². The number of methoxy groups -OCH3 is 1. The summed E-state index contributed by atoms with van der Waals surface area (Å²) in [7, 11) is 5.58. The van der Waals surface area contributed by atoms with Crippen LogP contribution in [0, 0.1) is 0 Å². The minimum absolute atomic E-state index is 0. The van der Waals surface area contributed by atoms with Crippen molar-refractivity contribution >= 4 is 35.6 Å². The van der Waals surface area contributed by atoms with Crippen molar-refractivity contribution in [2.24, 2.45) is 4.99 Å². The molecule has 0 unspecified atom stereocenters. The van der Waals surface area contributed by atoms with Crippen molar-refractivity contribution in [3.8, 4) is 0 Å². The van der Waals surface area contributed by atoms with E-state index in [0.29, 0.717) is 6.61 Å². The van der Waals surface area contributed by atoms with Crippen molar-refractivity contribution in [1.82, 2.24) is 10.2 Å². The van der Waals surface area contributed by atoms with E-state index in [-0.39, 0.29) is 24.0 Å². The summed E-state index contributed by atoms with van der Waals surface area (Å²) in [5.41, 5.74) is 2.33. The first kappa shape index (κ1) is 22.7. The van der Waals surface area contributed by atoms with Crippen molar-refractivity contribution in [3.05, 3.63) is 42.5 Å². The number of anilines is 1. The number of allylic oxidation sites excluding steroid dienone is 1. The SMILES string of the molecule is C=CCCCN(C)C(=NC)NCc1ccc(NCCOC)cc1.I. The zero-order valence-electron chi connectivity index (χ0n) is 15.0. The molecule has 24 heavy (non-hydrogen) atoms. The second-order valence-electron chi connectivity index (χ2n) is 5.37. The van der Waals surface area contributed by atoms with Gasteiger partial charge in [-0.2, -0.15) is 0 Å². The third kappa shape index (κ3) is 9.12. The van der Waals surface area contributed by atoms with E-state index in [1.165, 1.54) is 5.56 Å². The maximum Gasteiger partial charge on any atom is 0.193 e. The summed E-state index contributed by atoms with van der Waals surface area (Å²) in [4.78, 5) is 6.47. The number of guanidine groups is 1. The van der Waals surface area contributed by atoms with Crippen LogP contribution in [-0.4, -0.2) is 51.8 Å². The summed E-state index contributed by atoms with van der Waals surface area (Å²) in [6.45, 7) is 7.00. The minimum atomic E-state index is 0. The fraction of sp³-hybridized carbons (Fsp3) is 0.500. The molecule has 0 aliphatic carbocycles. The lowest BCUT2D eigenvalue weighted by molar-refractivity contribution is 0.211. The van der Waals surface area contributed by atoms with Gasteiger partial charge in [0.05, 0.1) is 6.61 Å². The summed E-state index contributed by atoms with van der Waals surface area (Å²) in [6.07, 6.45) is 4.06. The van der Waals surface area contributed by atoms with Gasteiger partial charge in [-0.15, -0.1) is 30.6 Å². The maximum atomic E-state index is 5.03. The standard InChI is InChI=1S/C18H30N4O.HI/c1-5-6-7-13-22(3)18(19-2)21-15-16-8-10-17(11-9-16)20-12-14-23-4;/h5,8-11,20H,1,6-7,12-15H2,2-4H3,(H,19,21);1H. The van der Waals surface area contributed by atoms with Crippen LogP contribution in [0.5, 0.6) is 0 Å². The molecule has 0 saturated carbocycles. The van der Waals surface area contributed by atoms with E-state index >= 15 is 0 Å². The summed E-state index contributed by atoms with van der Waals surface area (Å²) in [5, 5.41) is 6.70. The summed E-state index contributed by atoms with van der Waals surface area (Å²) in [6, 6.07) is 8.41. The van der Waals surface area contributed by atoms with E-state index in [4.69, 9.17) is 4.74 Å². The zero-order chi connectivity index (χ0) is 16.9. The largest absolute Gasteiger partial charge is 0.383 e. The number of hydrogen-bond donors (Lipinski definition) is 2. The molecule has 136 valence electrons. The van der Waals surface area contributed by atoms with Crippen molar-refractivity contribution in [1.29, 1.82) is 0 Å². The Morgan fingerprint density at radius 2 is 2.04 bits per heavy atom. The van der Waals surface area contributed by atoms with Crippen molar-refractivity contribution in [2.45, 2.75) is 19.4 Å². The van der Waals surface area contributed by atoms with E-state index in [9.17, 15) is 0 Å². The Labute approximate surface area is 163 Å². The first-order valence-electron chi connectivity index (χ1n) is 8.05. The molecule has 0 radical (unpaired) electrons. The van der Waals surface area contributed by atoms with Crippen LogP contribution in [0.25, 0.3) is 0 Å². The number of halogens is 1. The lowest BCUT2D eigenvalue weighted by atomic mass is 10.2. The molecular weight excluding hydrogens is 415 g/mol. The Morgan fingerprint density at radius 3 is 2.62 bits per heavy atom. The Kier molecular flexibility index (Phi) is 13.3. The van der Waals surface area contributed by atoms with E-state index in [2.05, 4.69) is 58.4 Å². The van der Waals surface area contributed by atoms with Crippen LogP contribution in [0.15, 0.2) is 41.9 Å². The van der Waals surface area contributed by atoms with Gasteiger partial charge in [0.15, 0.2) is 5.96 Å². The molecule has 5 nitrogen and oxygen atoms in total. The molecule has 0 amide bonds. The first-order chi connectivity index (χ1) is 11.2. The van der Waals surface area contributed by atoms with Gasteiger partial charge in [-0.3, -0.25) is 4.99 Å². The van der Waals surface area contributed by atoms with E-state index < -0.39 is 0 Å². The number of ether oxygens (including phenoxy) is 1. The number of benzene rings is 1. The number of nitrogens with zero attached hydrogens (tertiary/aromatic N) is 2. The summed E-state index contributed by atoms with van der Waals surface area (Å²) in [5.74, 6) is 0.913. The van der Waals surface area contributed by atoms with Gasteiger partial charge in [-0.1, -0.05) is 18.2 Å². The highest BCUT2D eigenvalue weighted by Gasteiger charge is 2.04. The Morgan fingerprint density at radius 1 is 1.33 bits per heavy atom. The predicted octanol–water partition coefficient (Wildman–Crippen LogP) is 3.34. The molecule has 1 rings (SSSR count). The molecule has 0 saturated heterocycles. The Hall–Kier alpha value is -1.28. The number of rotatable bonds is 10. The lowest BCUT2D eigenvalue weighted by Gasteiger charge is -2.22. The molecule has 0 aliphatic heterocycles. The third-order valence-electron chi connectivity index (χ3n) is 3.52. The fourth-order valence-electron chi connectivity index (χ4n) is 2.18. The Balaban J connectivity index is 0.00000529. The van der Waals surface area contributed by atoms with Gasteiger partial charge in [0.2, 0.25) is 0 Å². The monoisotopic (exact) mass is 446 g/mol. The van der Waals surface area contributed by atoms with E-state index in [1.54, 1.807) is 7.11 Å². The van der Waals surface area contributed by atoms with Crippen LogP contribution in [0.3, 0.4) is 0 Å². The zero-order valence-corrected chi connectivity index (χ0v) is 17.4. The van der Waals surface area contributed by atoms with Gasteiger partial charge in [-0.25, -0.2) is 0 Å². The normalized spacial score (nSPS) is 10.7. The fourth-order valence-corrected chi connectivity index (χ4v) is 2.18. The van der Waals surface area contributed by atoms with E-state index in [0.717, 1.165) is 44.1 Å². The molecule has 0 atom stereocenters. The topological polar surface area (TPSA) is 48.9 Å². The average molecular weight is 446 g/mol. The molecule has 0 heterocycles. The van der Waals surface area contributed by atoms with Crippen LogP contribution in [0.4, 0.5) is 5.69 Å². The molecule has 6 heteroatoms. The molecule has 0 aliphatic rings. The predicted molar refractivity (Wildman–Crippen MR) is 114 cm³/mol. The van der Waals surface area contributed by atoms with Gasteiger partial charge >= 0.3 is 0 Å². The minimum Gasteiger partial charge on any atom is -0.383 e. The number of nitrogens with one attached hydrogen (secondary N) is 2. The highest BCUT2D eigenvalue weighted by Crippen LogP contribution is 2.09. The molecular formula is C18H31IN4O. The van der Waals surface area contributed by atoms with Gasteiger partial charge in [-0.05, 0) is 30.5 Å². The molecule has 0 fully saturated rings. The van der Waals surface area contributed by atoms with Crippen LogP contribution >= 0.6 is 24.0 Å². The molecule has 1 aromatic carbocycles. The van der Waals surface area contributed by atoms with Crippen LogP contribution in [0.1, 0.15) is 18.4 Å². The second-order valence-corrected chi connectivity index (χ2v) is 5.37. The number of unbranched alkanes of at least 4 members (excludes halogenated alkanes) is 1. The smallest absolute Gasteiger partial charge is 0.193 e. The lowest BCUT2D eigenvalue weighted by Crippen LogP contribution is -2.38. The first-order valence-corrected chi connectivity index (χ1v) is 8.05. The molecule has 0 bridgehead atoms. The Bertz CT molecular complexity index is 476. The molecule has 0 spiro atoms. The van der Waals surface area contributed by atoms with Crippen LogP contribution in [-0.2, 0) is 11.3 Å². The van der Waals surface area contributed by atoms with E-state index in [1.807, 2.05) is 13.1 Å². The quantitative estimate of drug-likeness (QED) is 0.190. The number of aliphatic imine (C=N–C) groups is 1. The molecule has 0 aromatic heterocycles. The summed E-state index contributed by atoms with van der Waals surface area (Å²) >= 11 is 0. The second kappa shape index (κ2) is 14.1. The van der Waals surface area contributed by atoms with Crippen LogP contribution in [0.2, 0.25) is 0 Å².